The lowest BCUT2D eigenvalue weighted by atomic mass is 9.69. The molecule has 2 amide bonds. The molecule has 3 aromatic rings. The van der Waals surface area contributed by atoms with Crippen LogP contribution in [0.5, 0.6) is 5.75 Å². The first-order valence-electron chi connectivity index (χ1n) is 17.0. The van der Waals surface area contributed by atoms with Gasteiger partial charge in [0, 0.05) is 48.9 Å². The minimum atomic E-state index is -4.78. The molecule has 0 spiro atoms. The van der Waals surface area contributed by atoms with Crippen LogP contribution < -0.4 is 4.74 Å². The second-order valence-corrected chi connectivity index (χ2v) is 14.3. The Labute approximate surface area is 296 Å². The van der Waals surface area contributed by atoms with Crippen LogP contribution in [0.2, 0.25) is 0 Å². The number of aryl methyl sites for hydroxylation is 1. The van der Waals surface area contributed by atoms with Crippen molar-refractivity contribution in [3.8, 4) is 5.75 Å². The topological polar surface area (TPSA) is 100 Å². The van der Waals surface area contributed by atoms with E-state index in [1.807, 2.05) is 43.5 Å². The van der Waals surface area contributed by atoms with Crippen LogP contribution in [0.25, 0.3) is 0 Å². The fourth-order valence-corrected chi connectivity index (χ4v) is 8.25. The van der Waals surface area contributed by atoms with Crippen LogP contribution in [0.15, 0.2) is 60.1 Å². The number of ether oxygens (including phenoxy) is 1. The van der Waals surface area contributed by atoms with E-state index >= 15 is 0 Å². The molecule has 2 aliphatic rings. The zero-order valence-electron chi connectivity index (χ0n) is 28.0. The van der Waals surface area contributed by atoms with Crippen LogP contribution in [0.1, 0.15) is 105 Å². The molecule has 2 atom stereocenters. The van der Waals surface area contributed by atoms with E-state index in [9.17, 15) is 32.7 Å². The van der Waals surface area contributed by atoms with Crippen molar-refractivity contribution in [2.24, 2.45) is 0 Å². The number of amides is 2. The maximum atomic E-state index is 15.0. The highest BCUT2D eigenvalue weighted by atomic mass is 32.1. The van der Waals surface area contributed by atoms with Crippen molar-refractivity contribution in [2.45, 2.75) is 109 Å². The van der Waals surface area contributed by atoms with Crippen LogP contribution in [0.3, 0.4) is 0 Å². The summed E-state index contributed by atoms with van der Waals surface area (Å²) in [5.41, 5.74) is -2.38. The Balaban J connectivity index is 0.00000562. The summed E-state index contributed by atoms with van der Waals surface area (Å²) in [4.78, 5) is 48.3. The number of aromatic nitrogens is 1. The summed E-state index contributed by atoms with van der Waals surface area (Å²) in [5, 5.41) is 11.0. The van der Waals surface area contributed by atoms with Gasteiger partial charge in [0.2, 0.25) is 5.60 Å². The number of benzene rings is 1. The second-order valence-electron chi connectivity index (χ2n) is 13.2. The molecule has 2 fully saturated rings. The third-order valence-electron chi connectivity index (χ3n) is 10.1. The normalized spacial score (nSPS) is 20.5. The lowest BCUT2D eigenvalue weighted by Crippen LogP contribution is -2.68. The zero-order valence-corrected chi connectivity index (χ0v) is 28.8. The molecule has 2 aliphatic heterocycles. The van der Waals surface area contributed by atoms with Gasteiger partial charge in [0.05, 0.1) is 11.6 Å². The van der Waals surface area contributed by atoms with Gasteiger partial charge < -0.3 is 19.6 Å². The number of halogens is 3. The van der Waals surface area contributed by atoms with Crippen molar-refractivity contribution in [2.75, 3.05) is 19.6 Å². The van der Waals surface area contributed by atoms with Crippen molar-refractivity contribution < 1.29 is 37.4 Å². The van der Waals surface area contributed by atoms with Gasteiger partial charge in [-0.25, -0.2) is 0 Å². The predicted octanol–water partition coefficient (Wildman–Crippen LogP) is 8.53. The third-order valence-corrected chi connectivity index (χ3v) is 10.9. The molecular weight excluding hydrogens is 667 g/mol. The number of aliphatic carboxylic acids is 1. The average Bonchev–Trinajstić information content (AvgIpc) is 3.51. The van der Waals surface area contributed by atoms with Crippen LogP contribution in [0, 0.1) is 6.92 Å². The largest absolute Gasteiger partial charge is 0.481 e. The molecule has 4 heterocycles. The highest BCUT2D eigenvalue weighted by Crippen LogP contribution is 2.44. The lowest BCUT2D eigenvalue weighted by Gasteiger charge is -2.51. The Hall–Kier alpha value is -3.93. The summed E-state index contributed by atoms with van der Waals surface area (Å²) in [6.45, 7) is 4.86. The van der Waals surface area contributed by atoms with Gasteiger partial charge in [-0.3, -0.25) is 19.4 Å². The number of hydrogen-bond donors (Lipinski definition) is 1. The number of piperidine rings is 2. The Morgan fingerprint density at radius 2 is 1.76 bits per heavy atom. The molecule has 272 valence electrons. The van der Waals surface area contributed by atoms with Crippen LogP contribution in [-0.4, -0.2) is 69.0 Å². The number of carboxylic acids is 1. The molecule has 12 heteroatoms. The lowest BCUT2D eigenvalue weighted by molar-refractivity contribution is -0.161. The van der Waals surface area contributed by atoms with Gasteiger partial charge in [-0.15, -0.1) is 11.3 Å². The number of nitrogens with zero attached hydrogens (tertiary/aromatic N) is 3. The van der Waals surface area contributed by atoms with Gasteiger partial charge in [-0.1, -0.05) is 57.5 Å². The summed E-state index contributed by atoms with van der Waals surface area (Å²) in [5.74, 6) is -1.46. The zero-order chi connectivity index (χ0) is 35.2. The molecule has 0 saturated carbocycles. The van der Waals surface area contributed by atoms with E-state index in [1.54, 1.807) is 4.90 Å². The highest BCUT2D eigenvalue weighted by Gasteiger charge is 2.56. The number of rotatable bonds is 12. The van der Waals surface area contributed by atoms with Gasteiger partial charge in [-0.2, -0.15) is 13.2 Å². The first-order valence-corrected chi connectivity index (χ1v) is 17.9. The highest BCUT2D eigenvalue weighted by molar-refractivity contribution is 7.10. The van der Waals surface area contributed by atoms with Gasteiger partial charge >= 0.3 is 12.1 Å². The first kappa shape index (κ1) is 38.9. The Morgan fingerprint density at radius 3 is 2.38 bits per heavy atom. The number of carbonyl (C=O) groups is 3. The number of carbonyl (C=O) groups excluding carboxylic acids is 2. The maximum absolute atomic E-state index is 15.0. The summed E-state index contributed by atoms with van der Waals surface area (Å²) in [6, 6.07) is 13.2. The van der Waals surface area contributed by atoms with Crippen molar-refractivity contribution in [1.82, 2.24) is 14.8 Å². The molecule has 8 nitrogen and oxygen atoms in total. The number of likely N-dealkylation sites (tertiary alicyclic amines) is 2. The fraction of sp³-hybridized carbons (Fsp3) is 0.526. The van der Waals surface area contributed by atoms with Gasteiger partial charge in [0.25, 0.3) is 11.8 Å². The third kappa shape index (κ3) is 8.33. The van der Waals surface area contributed by atoms with E-state index < -0.39 is 41.0 Å². The Kier molecular flexibility index (Phi) is 12.7. The Bertz CT molecular complexity index is 1610. The molecule has 2 saturated heterocycles. The molecule has 5 rings (SSSR count). The van der Waals surface area contributed by atoms with Crippen LogP contribution in [0.4, 0.5) is 13.2 Å². The molecule has 0 radical (unpaired) electrons. The molecule has 1 aromatic carbocycles. The number of alkyl halides is 3. The predicted molar refractivity (Wildman–Crippen MR) is 187 cm³/mol. The van der Waals surface area contributed by atoms with E-state index in [0.29, 0.717) is 63.8 Å². The second kappa shape index (κ2) is 16.4. The minimum absolute atomic E-state index is 0. The van der Waals surface area contributed by atoms with Crippen molar-refractivity contribution in [3.05, 3.63) is 81.8 Å². The van der Waals surface area contributed by atoms with Crippen molar-refractivity contribution >= 4 is 29.1 Å². The van der Waals surface area contributed by atoms with Crippen LogP contribution in [-0.2, 0) is 21.2 Å². The fourth-order valence-electron chi connectivity index (χ4n) is 7.65. The van der Waals surface area contributed by atoms with E-state index in [2.05, 4.69) is 17.1 Å². The smallest absolute Gasteiger partial charge is 0.418 e. The standard InChI is InChI=1S/C37H44F3N3O5S.CH4/c1-3-11-30-36(48-28-24-26(2)49-25-28,17-10-21-43(30)33(46)32-29(37(38,39)40)14-9-20-41-32)34(47)42-22-18-35(19-23-42,16-8-7-15-31(44)45)27-12-5-4-6-13-27;/h4-6,9,12-14,20,24-25,30H,3,7-8,10-11,15-19,21-23H2,1-2H3,(H,44,45);1H4/t30-,36+;/m1./s1. The minimum Gasteiger partial charge on any atom is -0.481 e. The SMILES string of the molecule is C.CCC[C@H]1N(C(=O)c2ncccc2C(F)(F)F)CCC[C@@]1(Oc1csc(C)c1)C(=O)N1CCC(CCCCC(=O)O)(c2ccccc2)CC1. The quantitative estimate of drug-likeness (QED) is 0.189. The molecule has 1 N–H and O–H groups in total. The maximum Gasteiger partial charge on any atom is 0.418 e. The first-order chi connectivity index (χ1) is 23.4. The molecule has 0 unspecified atom stereocenters. The molecule has 50 heavy (non-hydrogen) atoms. The van der Waals surface area contributed by atoms with Gasteiger partial charge in [-0.05, 0) is 74.6 Å². The monoisotopic (exact) mass is 715 g/mol. The number of thiophene rings is 1. The number of pyridine rings is 1. The molecular formula is C38H48F3N3O5S. The van der Waals surface area contributed by atoms with Gasteiger partial charge in [0.15, 0.2) is 0 Å². The summed E-state index contributed by atoms with van der Waals surface area (Å²) in [7, 11) is 0. The number of hydrogen-bond acceptors (Lipinski definition) is 6. The van der Waals surface area contributed by atoms with E-state index in [4.69, 9.17) is 4.74 Å². The summed E-state index contributed by atoms with van der Waals surface area (Å²) < 4.78 is 48.8. The molecule has 0 bridgehead atoms. The van der Waals surface area contributed by atoms with Gasteiger partial charge in [0.1, 0.15) is 11.4 Å². The summed E-state index contributed by atoms with van der Waals surface area (Å²) in [6.07, 6.45) is 1.50. The van der Waals surface area contributed by atoms with E-state index in [1.165, 1.54) is 22.4 Å². The van der Waals surface area contributed by atoms with Crippen LogP contribution >= 0.6 is 11.3 Å². The number of carboxylic acid groups (broad SMARTS) is 1. The number of unbranched alkanes of at least 4 members (excludes halogenated alkanes) is 1. The average molecular weight is 716 g/mol. The molecule has 2 aromatic heterocycles. The van der Waals surface area contributed by atoms with Crippen molar-refractivity contribution in [3.63, 3.8) is 0 Å². The summed E-state index contributed by atoms with van der Waals surface area (Å²) >= 11 is 1.47. The van der Waals surface area contributed by atoms with E-state index in [0.717, 1.165) is 35.4 Å². The van der Waals surface area contributed by atoms with Crippen molar-refractivity contribution in [1.29, 1.82) is 0 Å². The van der Waals surface area contributed by atoms with E-state index in [-0.39, 0.29) is 31.7 Å². The Morgan fingerprint density at radius 1 is 1.04 bits per heavy atom. The molecule has 0 aliphatic carbocycles.